The minimum atomic E-state index is -3.13. The molecule has 0 fully saturated rings. The van der Waals surface area contributed by atoms with Gasteiger partial charge in [-0.25, -0.2) is 4.79 Å². The van der Waals surface area contributed by atoms with Gasteiger partial charge in [0, 0.05) is 0 Å². The average molecular weight is 124 g/mol. The molecule has 0 radical (unpaired) electrons. The van der Waals surface area contributed by atoms with Crippen LogP contribution in [0.1, 0.15) is 0 Å². The molecule has 0 unspecified atom stereocenters. The maximum atomic E-state index is 8.74. The van der Waals surface area contributed by atoms with Crippen LogP contribution in [0.5, 0.6) is 0 Å². The van der Waals surface area contributed by atoms with E-state index in [0.717, 1.165) is 0 Å². The van der Waals surface area contributed by atoms with Crippen molar-refractivity contribution in [2.75, 3.05) is 0 Å². The highest BCUT2D eigenvalue weighted by atomic mass is 31.1. The lowest BCUT2D eigenvalue weighted by molar-refractivity contribution is 0.405. The summed E-state index contributed by atoms with van der Waals surface area (Å²) in [4.78, 5) is 22.9. The molecule has 4 nitrogen and oxygen atoms in total. The Balaban J connectivity index is 0. The van der Waals surface area contributed by atoms with Gasteiger partial charge in [-0.2, -0.15) is 0 Å². The molecule has 0 rings (SSSR count). The third-order valence-corrected chi connectivity index (χ3v) is 0. The van der Waals surface area contributed by atoms with Crippen LogP contribution in [0.4, 0.5) is 0 Å². The van der Waals surface area contributed by atoms with Gasteiger partial charge in [-0.05, 0) is 6.58 Å². The summed E-state index contributed by atoms with van der Waals surface area (Å²) in [6, 6.07) is 0. The quantitative estimate of drug-likeness (QED) is 0.333. The highest BCUT2D eigenvalue weighted by molar-refractivity contribution is 7.30. The first-order valence-corrected chi connectivity index (χ1v) is 2.51. The molecule has 2 N–H and O–H groups in total. The molecule has 42 valence electrons. The third-order valence-electron chi connectivity index (χ3n) is 0. The molecule has 5 heteroatoms. The van der Waals surface area contributed by atoms with Gasteiger partial charge in [0.2, 0.25) is 0 Å². The lowest BCUT2D eigenvalue weighted by Gasteiger charge is -1.61. The van der Waals surface area contributed by atoms with Gasteiger partial charge >= 0.3 is 8.25 Å². The molecule has 0 aliphatic heterocycles. The van der Waals surface area contributed by atoms with E-state index in [1.807, 2.05) is 0 Å². The Hall–Kier alpha value is -0.400. The molecule has 7 heavy (non-hydrogen) atoms. The van der Waals surface area contributed by atoms with E-state index < -0.39 is 8.25 Å². The second-order valence-corrected chi connectivity index (χ2v) is 0.992. The first-order valence-electron chi connectivity index (χ1n) is 1.21. The van der Waals surface area contributed by atoms with Gasteiger partial charge in [-0.1, -0.05) is 0 Å². The van der Waals surface area contributed by atoms with Crippen molar-refractivity contribution in [1.82, 2.24) is 0 Å². The number of hydrogen-bond donors (Lipinski definition) is 2. The monoisotopic (exact) mass is 124 g/mol. The Labute approximate surface area is 41.0 Å². The van der Waals surface area contributed by atoms with Crippen molar-refractivity contribution >= 4 is 14.2 Å². The summed E-state index contributed by atoms with van der Waals surface area (Å²) < 4.78 is 8.74. The van der Waals surface area contributed by atoms with Crippen molar-refractivity contribution in [2.24, 2.45) is 0 Å². The largest absolute Gasteiger partial charge is 0.326 e. The fourth-order valence-electron chi connectivity index (χ4n) is 0. The molecule has 0 aromatic carbocycles. The van der Waals surface area contributed by atoms with Crippen LogP contribution < -0.4 is 0 Å². The Bertz CT molecular complexity index is 77.7. The summed E-state index contributed by atoms with van der Waals surface area (Å²) in [6.07, 6.45) is 0. The van der Waals surface area contributed by atoms with Crippen LogP contribution >= 0.6 is 8.25 Å². The van der Waals surface area contributed by atoms with Crippen LogP contribution in [0.15, 0.2) is 6.58 Å². The van der Waals surface area contributed by atoms with E-state index in [1.165, 1.54) is 5.94 Å². The van der Waals surface area contributed by atoms with E-state index in [4.69, 9.17) is 19.1 Å². The molecular formula is C2H5O4P. The summed E-state index contributed by atoms with van der Waals surface area (Å²) in [5.41, 5.74) is 0. The Morgan fingerprint density at radius 2 is 1.57 bits per heavy atom. The molecule has 0 amide bonds. The summed E-state index contributed by atoms with van der Waals surface area (Å²) in [5.74, 6) is 1.25. The van der Waals surface area contributed by atoms with Crippen LogP contribution in [-0.2, 0) is 9.36 Å². The third kappa shape index (κ3) is 454. The number of rotatable bonds is 0. The maximum absolute atomic E-state index is 8.74. The van der Waals surface area contributed by atoms with Crippen LogP contribution in [0.25, 0.3) is 0 Å². The fourth-order valence-corrected chi connectivity index (χ4v) is 0. The zero-order valence-electron chi connectivity index (χ0n) is 3.42. The smallest absolute Gasteiger partial charge is 0.314 e. The second kappa shape index (κ2) is 9.14. The molecule has 0 atom stereocenters. The Morgan fingerprint density at radius 3 is 1.57 bits per heavy atom. The fraction of sp³-hybridized carbons (Fsp3) is 0. The van der Waals surface area contributed by atoms with E-state index in [9.17, 15) is 0 Å². The van der Waals surface area contributed by atoms with Crippen molar-refractivity contribution in [2.45, 2.75) is 0 Å². The van der Waals surface area contributed by atoms with Crippen LogP contribution in [-0.4, -0.2) is 15.7 Å². The first kappa shape index (κ1) is 9.78. The van der Waals surface area contributed by atoms with Gasteiger partial charge in [-0.3, -0.25) is 4.57 Å². The number of hydrogen-bond acceptors (Lipinski definition) is 2. The minimum Gasteiger partial charge on any atom is -0.326 e. The van der Waals surface area contributed by atoms with Gasteiger partial charge in [-0.15, -0.1) is 0 Å². The summed E-state index contributed by atoms with van der Waals surface area (Å²) in [6.45, 7) is 2.68. The zero-order valence-corrected chi connectivity index (χ0v) is 4.42. The predicted molar refractivity (Wildman–Crippen MR) is 24.8 cm³/mol. The second-order valence-electron chi connectivity index (χ2n) is 0.427. The zero-order chi connectivity index (χ0) is 6.28. The lowest BCUT2D eigenvalue weighted by atomic mass is 11.2. The van der Waals surface area contributed by atoms with Gasteiger partial charge in [0.25, 0.3) is 0 Å². The minimum absolute atomic E-state index is 1.25. The van der Waals surface area contributed by atoms with Crippen molar-refractivity contribution in [1.29, 1.82) is 0 Å². The van der Waals surface area contributed by atoms with Crippen molar-refractivity contribution in [3.05, 3.63) is 6.58 Å². The summed E-state index contributed by atoms with van der Waals surface area (Å²) in [7, 11) is -3.13. The highest BCUT2D eigenvalue weighted by Gasteiger charge is 1.61. The van der Waals surface area contributed by atoms with E-state index in [1.54, 1.807) is 0 Å². The van der Waals surface area contributed by atoms with E-state index in [0.29, 0.717) is 0 Å². The molecule has 0 heterocycles. The molecule has 0 aliphatic rings. The van der Waals surface area contributed by atoms with E-state index in [2.05, 4.69) is 6.58 Å². The van der Waals surface area contributed by atoms with Crippen molar-refractivity contribution in [3.8, 4) is 0 Å². The van der Waals surface area contributed by atoms with Gasteiger partial charge < -0.3 is 9.79 Å². The molecule has 0 aliphatic carbocycles. The van der Waals surface area contributed by atoms with Crippen LogP contribution in [0, 0.1) is 0 Å². The SMILES string of the molecule is C=C=O.O=[PH](O)O. The van der Waals surface area contributed by atoms with E-state index >= 15 is 0 Å². The lowest BCUT2D eigenvalue weighted by Crippen LogP contribution is -1.38. The molecule has 0 bridgehead atoms. The molecule has 0 aromatic rings. The molecule has 0 aromatic heterocycles. The molecule has 0 saturated heterocycles. The van der Waals surface area contributed by atoms with Gasteiger partial charge in [0.05, 0.1) is 0 Å². The van der Waals surface area contributed by atoms with Crippen molar-refractivity contribution in [3.63, 3.8) is 0 Å². The molecular weight excluding hydrogens is 119 g/mol. The Morgan fingerprint density at radius 1 is 1.57 bits per heavy atom. The van der Waals surface area contributed by atoms with Crippen LogP contribution in [0.2, 0.25) is 0 Å². The molecule has 0 spiro atoms. The Kier molecular flexibility index (Phi) is 12.8. The van der Waals surface area contributed by atoms with Gasteiger partial charge in [0.15, 0.2) is 0 Å². The van der Waals surface area contributed by atoms with E-state index in [-0.39, 0.29) is 0 Å². The normalized spacial score (nSPS) is 6.14. The average Bonchev–Trinajstić information content (AvgIpc) is 1.33. The van der Waals surface area contributed by atoms with Gasteiger partial charge in [0.1, 0.15) is 5.94 Å². The standard InChI is InChI=1S/C2H2O.H3O3P/c1-2-3;1-4(2)3/h1H2;4H,(H2,1,2,3). The predicted octanol–water partition coefficient (Wildman–Crippen LogP) is -0.635. The van der Waals surface area contributed by atoms with Crippen molar-refractivity contribution < 1.29 is 19.1 Å². The molecule has 0 saturated carbocycles. The maximum Gasteiger partial charge on any atom is 0.314 e. The summed E-state index contributed by atoms with van der Waals surface area (Å²) >= 11 is 0. The number of carbonyl (C=O) groups excluding carboxylic acids is 1. The first-order chi connectivity index (χ1) is 3.15. The summed E-state index contributed by atoms with van der Waals surface area (Å²) in [5, 5.41) is 0. The van der Waals surface area contributed by atoms with Crippen LogP contribution in [0.3, 0.4) is 0 Å². The highest BCUT2D eigenvalue weighted by Crippen LogP contribution is 1.98. The topological polar surface area (TPSA) is 74.6 Å².